The van der Waals surface area contributed by atoms with Gasteiger partial charge in [-0.05, 0) is 6.07 Å². The van der Waals surface area contributed by atoms with Gasteiger partial charge in [0, 0.05) is 13.2 Å². The highest BCUT2D eigenvalue weighted by Gasteiger charge is 2.25. The highest BCUT2D eigenvalue weighted by molar-refractivity contribution is 7.91. The summed E-state index contributed by atoms with van der Waals surface area (Å²) in [6, 6.07) is 1.66. The molecule has 0 unspecified atom stereocenters. The van der Waals surface area contributed by atoms with Crippen LogP contribution in [0.25, 0.3) is 0 Å². The highest BCUT2D eigenvalue weighted by Crippen LogP contribution is 2.19. The molecule has 0 aliphatic carbocycles. The van der Waals surface area contributed by atoms with Crippen molar-refractivity contribution in [3.63, 3.8) is 0 Å². The average molecular weight is 302 g/mol. The van der Waals surface area contributed by atoms with Crippen molar-refractivity contribution in [3.8, 4) is 0 Å². The van der Waals surface area contributed by atoms with Gasteiger partial charge in [0.15, 0.2) is 9.90 Å². The molecule has 0 amide bonds. The van der Waals surface area contributed by atoms with Crippen molar-refractivity contribution in [1.82, 2.24) is 19.5 Å². The molecule has 0 bridgehead atoms. The summed E-state index contributed by atoms with van der Waals surface area (Å²) in [7, 11) is -2.19. The van der Waals surface area contributed by atoms with Crippen molar-refractivity contribution in [2.75, 3.05) is 0 Å². The Morgan fingerprint density at radius 3 is 2.89 bits per heavy atom. The van der Waals surface area contributed by atoms with Gasteiger partial charge < -0.3 is 5.11 Å². The van der Waals surface area contributed by atoms with Crippen molar-refractivity contribution in [1.29, 1.82) is 0 Å². The largest absolute Gasteiger partial charge is 0.476 e. The van der Waals surface area contributed by atoms with Crippen LogP contribution in [-0.2, 0) is 23.6 Å². The zero-order valence-electron chi connectivity index (χ0n) is 9.77. The summed E-state index contributed by atoms with van der Waals surface area (Å²) < 4.78 is 27.4. The summed E-state index contributed by atoms with van der Waals surface area (Å²) in [6.07, 6.45) is 1.68. The van der Waals surface area contributed by atoms with Crippen molar-refractivity contribution in [2.45, 2.75) is 10.8 Å². The zero-order valence-corrected chi connectivity index (χ0v) is 11.4. The summed E-state index contributed by atoms with van der Waals surface area (Å²) in [4.78, 5) is 14.4. The Balaban J connectivity index is 2.18. The lowest BCUT2D eigenvalue weighted by atomic mass is 10.4. The van der Waals surface area contributed by atoms with Gasteiger partial charge in [-0.3, -0.25) is 4.68 Å². The second kappa shape index (κ2) is 5.07. The van der Waals surface area contributed by atoms with E-state index in [1.807, 2.05) is 0 Å². The Hall–Kier alpha value is -1.78. The third-order valence-corrected chi connectivity index (χ3v) is 4.96. The number of nitrogens with zero attached hydrogens (tertiary/aromatic N) is 3. The van der Waals surface area contributed by atoms with Crippen LogP contribution in [0, 0.1) is 0 Å². The fourth-order valence-electron chi connectivity index (χ4n) is 1.36. The maximum atomic E-state index is 12.0. The maximum Gasteiger partial charge on any atom is 0.356 e. The van der Waals surface area contributed by atoms with Gasteiger partial charge in [-0.15, -0.1) is 11.3 Å². The summed E-state index contributed by atoms with van der Waals surface area (Å²) in [6.45, 7) is -0.0138. The lowest BCUT2D eigenvalue weighted by Gasteiger charge is -2.03. The second-order valence-corrected chi connectivity index (χ2v) is 6.42. The number of nitrogens with one attached hydrogen (secondary N) is 1. The van der Waals surface area contributed by atoms with E-state index < -0.39 is 21.7 Å². The number of aromatic carboxylic acids is 1. The van der Waals surface area contributed by atoms with Crippen LogP contribution in [0.5, 0.6) is 0 Å². The Bertz CT molecular complexity index is 703. The van der Waals surface area contributed by atoms with E-state index >= 15 is 0 Å². The van der Waals surface area contributed by atoms with Gasteiger partial charge in [0.1, 0.15) is 0 Å². The zero-order chi connectivity index (χ0) is 14.0. The van der Waals surface area contributed by atoms with Gasteiger partial charge >= 0.3 is 5.97 Å². The summed E-state index contributed by atoms with van der Waals surface area (Å²) >= 11 is 0.757. The van der Waals surface area contributed by atoms with Crippen LogP contribution >= 0.6 is 11.3 Å². The minimum atomic E-state index is -3.91. The van der Waals surface area contributed by atoms with Gasteiger partial charge in [-0.1, -0.05) is 0 Å². The number of carboxylic acid groups (broad SMARTS) is 1. The first-order valence-electron chi connectivity index (χ1n) is 5.05. The van der Waals surface area contributed by atoms with Gasteiger partial charge in [-0.25, -0.2) is 22.9 Å². The van der Waals surface area contributed by atoms with Crippen LogP contribution in [0.2, 0.25) is 0 Å². The SMILES string of the molecule is Cn1ccc(CNS(=O)(=O)c2scnc2C(=O)O)n1. The molecule has 19 heavy (non-hydrogen) atoms. The molecule has 2 aromatic rings. The van der Waals surface area contributed by atoms with E-state index in [-0.39, 0.29) is 10.8 Å². The van der Waals surface area contributed by atoms with Gasteiger partial charge in [0.2, 0.25) is 0 Å². The van der Waals surface area contributed by atoms with Crippen molar-refractivity contribution in [3.05, 3.63) is 29.2 Å². The maximum absolute atomic E-state index is 12.0. The molecule has 10 heteroatoms. The quantitative estimate of drug-likeness (QED) is 0.807. The van der Waals surface area contributed by atoms with Crippen molar-refractivity contribution in [2.24, 2.45) is 7.05 Å². The Morgan fingerprint density at radius 2 is 2.32 bits per heavy atom. The van der Waals surface area contributed by atoms with Gasteiger partial charge in [0.25, 0.3) is 10.0 Å². The van der Waals surface area contributed by atoms with Crippen molar-refractivity contribution < 1.29 is 18.3 Å². The van der Waals surface area contributed by atoms with Crippen LogP contribution in [0.15, 0.2) is 22.0 Å². The highest BCUT2D eigenvalue weighted by atomic mass is 32.2. The Labute approximate surface area is 112 Å². The number of sulfonamides is 1. The first-order chi connectivity index (χ1) is 8.90. The lowest BCUT2D eigenvalue weighted by molar-refractivity contribution is 0.0687. The second-order valence-electron chi connectivity index (χ2n) is 3.60. The molecule has 8 nitrogen and oxygen atoms in total. The number of aryl methyl sites for hydroxylation is 1. The van der Waals surface area contributed by atoms with E-state index in [9.17, 15) is 13.2 Å². The molecule has 0 saturated heterocycles. The number of carbonyl (C=O) groups is 1. The van der Waals surface area contributed by atoms with E-state index in [0.29, 0.717) is 5.69 Å². The molecule has 0 atom stereocenters. The van der Waals surface area contributed by atoms with E-state index in [1.54, 1.807) is 24.0 Å². The van der Waals surface area contributed by atoms with E-state index in [0.717, 1.165) is 11.3 Å². The molecule has 0 aliphatic rings. The molecule has 0 aliphatic heterocycles. The molecule has 0 radical (unpaired) electrons. The third kappa shape index (κ3) is 2.97. The Morgan fingerprint density at radius 1 is 1.58 bits per heavy atom. The minimum Gasteiger partial charge on any atom is -0.476 e. The average Bonchev–Trinajstić information content (AvgIpc) is 2.94. The van der Waals surface area contributed by atoms with E-state index in [4.69, 9.17) is 5.11 Å². The fourth-order valence-corrected chi connectivity index (χ4v) is 3.54. The summed E-state index contributed by atoms with van der Waals surface area (Å²) in [5.74, 6) is -1.38. The number of carboxylic acids is 1. The minimum absolute atomic E-state index is 0.0138. The van der Waals surface area contributed by atoms with E-state index in [1.165, 1.54) is 5.51 Å². The number of thiazole rings is 1. The fraction of sp³-hybridized carbons (Fsp3) is 0.222. The van der Waals surface area contributed by atoms with Crippen LogP contribution in [0.1, 0.15) is 16.2 Å². The predicted molar refractivity (Wildman–Crippen MR) is 66.3 cm³/mol. The van der Waals surface area contributed by atoms with Crippen LogP contribution in [0.3, 0.4) is 0 Å². The molecule has 2 rings (SSSR count). The normalized spacial score (nSPS) is 11.6. The molecule has 2 heterocycles. The number of hydrogen-bond acceptors (Lipinski definition) is 6. The van der Waals surface area contributed by atoms with Crippen LogP contribution < -0.4 is 4.72 Å². The molecule has 2 N–H and O–H groups in total. The first kappa shape index (κ1) is 13.6. The van der Waals surface area contributed by atoms with Crippen LogP contribution in [0.4, 0.5) is 0 Å². The molecule has 0 spiro atoms. The molecular formula is C9H10N4O4S2. The first-order valence-corrected chi connectivity index (χ1v) is 7.41. The Kier molecular flexibility index (Phi) is 3.64. The summed E-state index contributed by atoms with van der Waals surface area (Å²) in [5, 5.41) is 12.9. The monoisotopic (exact) mass is 302 g/mol. The van der Waals surface area contributed by atoms with Crippen LogP contribution in [-0.4, -0.2) is 34.3 Å². The molecule has 0 aromatic carbocycles. The number of rotatable bonds is 5. The molecule has 102 valence electrons. The smallest absolute Gasteiger partial charge is 0.356 e. The number of hydrogen-bond donors (Lipinski definition) is 2. The van der Waals surface area contributed by atoms with Gasteiger partial charge in [0.05, 0.1) is 17.7 Å². The standard InChI is InChI=1S/C9H10N4O4S2/c1-13-3-2-6(12-13)4-11-19(16,17)9-7(8(14)15)10-5-18-9/h2-3,5,11H,4H2,1H3,(H,14,15). The van der Waals surface area contributed by atoms with E-state index in [2.05, 4.69) is 14.8 Å². The van der Waals surface area contributed by atoms with Crippen molar-refractivity contribution >= 4 is 27.3 Å². The number of aromatic nitrogens is 3. The third-order valence-electron chi connectivity index (χ3n) is 2.19. The topological polar surface area (TPSA) is 114 Å². The molecule has 2 aromatic heterocycles. The molecule has 0 fully saturated rings. The lowest BCUT2D eigenvalue weighted by Crippen LogP contribution is -2.24. The van der Waals surface area contributed by atoms with Gasteiger partial charge in [-0.2, -0.15) is 5.10 Å². The molecule has 0 saturated carbocycles. The summed E-state index contributed by atoms with van der Waals surface area (Å²) in [5.41, 5.74) is 1.24. The molecular weight excluding hydrogens is 292 g/mol. The predicted octanol–water partition coefficient (Wildman–Crippen LogP) is 0.0533.